The van der Waals surface area contributed by atoms with E-state index < -0.39 is 9.84 Å². The van der Waals surface area contributed by atoms with Crippen molar-refractivity contribution in [2.75, 3.05) is 12.0 Å². The van der Waals surface area contributed by atoms with Crippen LogP contribution in [0.25, 0.3) is 0 Å². The van der Waals surface area contributed by atoms with Gasteiger partial charge in [0.1, 0.15) is 0 Å². The van der Waals surface area contributed by atoms with E-state index in [2.05, 4.69) is 0 Å². The van der Waals surface area contributed by atoms with Gasteiger partial charge in [-0.1, -0.05) is 24.8 Å². The largest absolute Gasteiger partial charge is 0.224 e. The van der Waals surface area contributed by atoms with E-state index in [4.69, 9.17) is 12.6 Å². The molecule has 14 heavy (non-hydrogen) atoms. The summed E-state index contributed by atoms with van der Waals surface area (Å²) >= 11 is 4.84. The summed E-state index contributed by atoms with van der Waals surface area (Å²) in [6.07, 6.45) is 3.10. The molecule has 0 saturated heterocycles. The van der Waals surface area contributed by atoms with E-state index >= 15 is 0 Å². The molecule has 0 aromatic heterocycles. The molecule has 0 heterocycles. The summed E-state index contributed by atoms with van der Waals surface area (Å²) in [4.78, 5) is 0.375. The van der Waals surface area contributed by atoms with Gasteiger partial charge in [0.25, 0.3) is 0 Å². The van der Waals surface area contributed by atoms with Gasteiger partial charge in [0.2, 0.25) is 0 Å². The van der Waals surface area contributed by atoms with Crippen LogP contribution in [0.3, 0.4) is 0 Å². The Balaban J connectivity index is 2.79. The van der Waals surface area contributed by atoms with Crippen LogP contribution in [0, 0.1) is 0 Å². The SMILES string of the molecule is CS(=O)(=O)c1ccc(CCC[S])cc1. The van der Waals surface area contributed by atoms with Crippen LogP contribution in [0.5, 0.6) is 0 Å². The van der Waals surface area contributed by atoms with Crippen LogP contribution in [-0.4, -0.2) is 20.4 Å². The van der Waals surface area contributed by atoms with E-state index in [9.17, 15) is 8.42 Å². The Morgan fingerprint density at radius 3 is 2.21 bits per heavy atom. The number of sulfone groups is 1. The number of benzene rings is 1. The molecule has 0 amide bonds. The lowest BCUT2D eigenvalue weighted by Gasteiger charge is -2.01. The van der Waals surface area contributed by atoms with Gasteiger partial charge < -0.3 is 0 Å². The maximum absolute atomic E-state index is 11.1. The minimum atomic E-state index is -3.06. The van der Waals surface area contributed by atoms with E-state index in [-0.39, 0.29) is 0 Å². The normalized spacial score (nSPS) is 11.6. The van der Waals surface area contributed by atoms with E-state index in [1.54, 1.807) is 12.1 Å². The summed E-state index contributed by atoms with van der Waals surface area (Å²) < 4.78 is 22.3. The molecule has 0 aliphatic rings. The molecule has 0 aliphatic carbocycles. The molecular formula is C10H13O2S2. The Bertz CT molecular complexity index is 379. The first-order valence-corrected chi connectivity index (χ1v) is 6.88. The molecule has 0 fully saturated rings. The molecule has 1 aromatic rings. The van der Waals surface area contributed by atoms with Crippen molar-refractivity contribution < 1.29 is 8.42 Å². The molecule has 0 unspecified atom stereocenters. The predicted molar refractivity (Wildman–Crippen MR) is 60.3 cm³/mol. The molecule has 1 aromatic carbocycles. The zero-order valence-corrected chi connectivity index (χ0v) is 9.70. The van der Waals surface area contributed by atoms with Gasteiger partial charge in [0.05, 0.1) is 4.90 Å². The minimum Gasteiger partial charge on any atom is -0.224 e. The Labute approximate surface area is 90.7 Å². The van der Waals surface area contributed by atoms with Crippen molar-refractivity contribution >= 4 is 22.5 Å². The summed E-state index contributed by atoms with van der Waals surface area (Å²) in [5, 5.41) is 0. The molecule has 0 N–H and O–H groups in total. The Kier molecular flexibility index (Phi) is 4.01. The molecule has 0 spiro atoms. The van der Waals surface area contributed by atoms with Gasteiger partial charge in [0.15, 0.2) is 9.84 Å². The third-order valence-corrected chi connectivity index (χ3v) is 3.38. The highest BCUT2D eigenvalue weighted by Crippen LogP contribution is 2.11. The second-order valence-corrected chi connectivity index (χ2v) is 5.65. The van der Waals surface area contributed by atoms with Gasteiger partial charge in [0, 0.05) is 12.0 Å². The molecule has 1 radical (unpaired) electrons. The van der Waals surface area contributed by atoms with E-state index in [1.165, 1.54) is 6.26 Å². The molecule has 0 bridgehead atoms. The van der Waals surface area contributed by atoms with Crippen LogP contribution in [0.1, 0.15) is 12.0 Å². The van der Waals surface area contributed by atoms with Crippen LogP contribution >= 0.6 is 12.6 Å². The second-order valence-electron chi connectivity index (χ2n) is 3.22. The van der Waals surface area contributed by atoms with Gasteiger partial charge >= 0.3 is 0 Å². The van der Waals surface area contributed by atoms with Gasteiger partial charge in [-0.2, -0.15) is 0 Å². The van der Waals surface area contributed by atoms with Crippen LogP contribution in [0.2, 0.25) is 0 Å². The van der Waals surface area contributed by atoms with Crippen LogP contribution in [0.15, 0.2) is 29.2 Å². The minimum absolute atomic E-state index is 0.375. The zero-order valence-electron chi connectivity index (χ0n) is 8.06. The highest BCUT2D eigenvalue weighted by atomic mass is 32.2. The molecule has 1 rings (SSSR count). The Morgan fingerprint density at radius 1 is 1.21 bits per heavy atom. The maximum Gasteiger partial charge on any atom is 0.175 e. The lowest BCUT2D eigenvalue weighted by Crippen LogP contribution is -1.97. The molecule has 4 heteroatoms. The Morgan fingerprint density at radius 2 is 1.79 bits per heavy atom. The summed E-state index contributed by atoms with van der Waals surface area (Å²) in [5.41, 5.74) is 1.14. The fourth-order valence-electron chi connectivity index (χ4n) is 1.18. The monoisotopic (exact) mass is 229 g/mol. The van der Waals surface area contributed by atoms with Crippen molar-refractivity contribution in [3.63, 3.8) is 0 Å². The van der Waals surface area contributed by atoms with Gasteiger partial charge in [-0.05, 0) is 30.5 Å². The lowest BCUT2D eigenvalue weighted by molar-refractivity contribution is 0.602. The fourth-order valence-corrected chi connectivity index (χ4v) is 1.95. The summed E-state index contributed by atoms with van der Waals surface area (Å²) in [7, 11) is -3.06. The van der Waals surface area contributed by atoms with Crippen molar-refractivity contribution in [1.82, 2.24) is 0 Å². The smallest absolute Gasteiger partial charge is 0.175 e. The molecule has 0 atom stereocenters. The van der Waals surface area contributed by atoms with Crippen molar-refractivity contribution in [3.05, 3.63) is 29.8 Å². The molecular weight excluding hydrogens is 216 g/mol. The van der Waals surface area contributed by atoms with E-state index in [1.807, 2.05) is 12.1 Å². The molecule has 77 valence electrons. The zero-order chi connectivity index (χ0) is 10.6. The van der Waals surface area contributed by atoms with Crippen LogP contribution < -0.4 is 0 Å². The number of aryl methyl sites for hydroxylation is 1. The number of hydrogen-bond acceptors (Lipinski definition) is 2. The number of rotatable bonds is 4. The lowest BCUT2D eigenvalue weighted by atomic mass is 10.1. The summed E-state index contributed by atoms with van der Waals surface area (Å²) in [6, 6.07) is 6.99. The van der Waals surface area contributed by atoms with E-state index in [0.717, 1.165) is 24.2 Å². The molecule has 0 saturated carbocycles. The number of hydrogen-bond donors (Lipinski definition) is 0. The maximum atomic E-state index is 11.1. The van der Waals surface area contributed by atoms with Crippen molar-refractivity contribution in [1.29, 1.82) is 0 Å². The van der Waals surface area contributed by atoms with Gasteiger partial charge in [-0.3, -0.25) is 0 Å². The van der Waals surface area contributed by atoms with Gasteiger partial charge in [-0.25, -0.2) is 8.42 Å². The van der Waals surface area contributed by atoms with Crippen LogP contribution in [-0.2, 0) is 16.3 Å². The highest BCUT2D eigenvalue weighted by molar-refractivity contribution is 7.90. The third-order valence-electron chi connectivity index (χ3n) is 1.96. The van der Waals surface area contributed by atoms with Crippen molar-refractivity contribution in [2.24, 2.45) is 0 Å². The average molecular weight is 229 g/mol. The quantitative estimate of drug-likeness (QED) is 0.793. The third kappa shape index (κ3) is 3.35. The molecule has 0 aliphatic heterocycles. The summed E-state index contributed by atoms with van der Waals surface area (Å²) in [5.74, 6) is 0.744. The second kappa shape index (κ2) is 4.84. The fraction of sp³-hybridized carbons (Fsp3) is 0.400. The standard InChI is InChI=1S/C10H13O2S2/c1-14(11,12)10-6-4-9(5-7-10)3-2-8-13/h4-7H,2-3,8H2,1H3. The van der Waals surface area contributed by atoms with Crippen molar-refractivity contribution in [3.8, 4) is 0 Å². The topological polar surface area (TPSA) is 34.1 Å². The van der Waals surface area contributed by atoms with Gasteiger partial charge in [-0.15, -0.1) is 0 Å². The van der Waals surface area contributed by atoms with Crippen molar-refractivity contribution in [2.45, 2.75) is 17.7 Å². The molecule has 2 nitrogen and oxygen atoms in total. The first-order valence-electron chi connectivity index (χ1n) is 4.41. The highest BCUT2D eigenvalue weighted by Gasteiger charge is 2.05. The average Bonchev–Trinajstić information content (AvgIpc) is 2.14. The predicted octanol–water partition coefficient (Wildman–Crippen LogP) is 2.22. The van der Waals surface area contributed by atoms with Crippen LogP contribution in [0.4, 0.5) is 0 Å². The first kappa shape index (κ1) is 11.6. The Hall–Kier alpha value is -0.480. The first-order chi connectivity index (χ1) is 6.54. The summed E-state index contributed by atoms with van der Waals surface area (Å²) in [6.45, 7) is 0. The van der Waals surface area contributed by atoms with E-state index in [0.29, 0.717) is 4.90 Å².